The molecular weight excluding hydrogens is 234 g/mol. The Bertz CT molecular complexity index is 267. The molecule has 0 aromatic carbocycles. The molecule has 0 aliphatic carbocycles. The summed E-state index contributed by atoms with van der Waals surface area (Å²) in [6, 6.07) is 0.765. The number of piperazine rings is 1. The van der Waals surface area contributed by atoms with Crippen molar-refractivity contribution in [2.24, 2.45) is 11.1 Å². The molecule has 1 rings (SSSR count). The summed E-state index contributed by atoms with van der Waals surface area (Å²) < 4.78 is 0. The molecule has 1 aliphatic heterocycles. The van der Waals surface area contributed by atoms with Gasteiger partial charge in [0, 0.05) is 43.8 Å². The van der Waals surface area contributed by atoms with Gasteiger partial charge in [-0.2, -0.15) is 0 Å². The maximum Gasteiger partial charge on any atom is 0.0296 e. The van der Waals surface area contributed by atoms with E-state index in [4.69, 9.17) is 5.73 Å². The highest BCUT2D eigenvalue weighted by Crippen LogP contribution is 2.29. The van der Waals surface area contributed by atoms with E-state index in [0.29, 0.717) is 6.04 Å². The fourth-order valence-corrected chi connectivity index (χ4v) is 3.35. The Morgan fingerprint density at radius 1 is 0.947 bits per heavy atom. The van der Waals surface area contributed by atoms with E-state index in [9.17, 15) is 0 Å². The van der Waals surface area contributed by atoms with Crippen LogP contribution >= 0.6 is 0 Å². The number of nitrogens with zero attached hydrogens (tertiary/aromatic N) is 2. The van der Waals surface area contributed by atoms with Crippen LogP contribution in [-0.2, 0) is 0 Å². The fraction of sp³-hybridized carbons (Fsp3) is 1.00. The van der Waals surface area contributed by atoms with Gasteiger partial charge in [0.25, 0.3) is 0 Å². The van der Waals surface area contributed by atoms with Crippen molar-refractivity contribution in [3.8, 4) is 0 Å². The fourth-order valence-electron chi connectivity index (χ4n) is 3.35. The first kappa shape index (κ1) is 16.9. The molecule has 114 valence electrons. The van der Waals surface area contributed by atoms with Gasteiger partial charge in [-0.25, -0.2) is 0 Å². The highest BCUT2D eigenvalue weighted by Gasteiger charge is 2.37. The van der Waals surface area contributed by atoms with E-state index >= 15 is 0 Å². The predicted molar refractivity (Wildman–Crippen MR) is 84.4 cm³/mol. The second-order valence-electron chi connectivity index (χ2n) is 8.08. The zero-order valence-corrected chi connectivity index (χ0v) is 14.2. The van der Waals surface area contributed by atoms with Crippen molar-refractivity contribution in [1.82, 2.24) is 9.80 Å². The van der Waals surface area contributed by atoms with Crippen LogP contribution in [-0.4, -0.2) is 53.6 Å². The van der Waals surface area contributed by atoms with Crippen LogP contribution in [0.1, 0.15) is 54.9 Å². The number of rotatable bonds is 3. The Balaban J connectivity index is 2.70. The Morgan fingerprint density at radius 2 is 1.42 bits per heavy atom. The van der Waals surface area contributed by atoms with Crippen molar-refractivity contribution in [3.63, 3.8) is 0 Å². The molecule has 0 saturated carbocycles. The molecule has 0 radical (unpaired) electrons. The van der Waals surface area contributed by atoms with Gasteiger partial charge in [-0.3, -0.25) is 9.80 Å². The lowest BCUT2D eigenvalue weighted by molar-refractivity contribution is 0.00309. The number of nitrogens with two attached hydrogens (primary N) is 1. The van der Waals surface area contributed by atoms with Crippen molar-refractivity contribution < 1.29 is 0 Å². The van der Waals surface area contributed by atoms with Crippen LogP contribution in [0.4, 0.5) is 0 Å². The molecule has 0 amide bonds. The maximum atomic E-state index is 6.40. The topological polar surface area (TPSA) is 32.5 Å². The van der Waals surface area contributed by atoms with E-state index in [1.54, 1.807) is 0 Å². The average molecular weight is 269 g/mol. The minimum atomic E-state index is 0.249. The van der Waals surface area contributed by atoms with Gasteiger partial charge in [0.2, 0.25) is 0 Å². The van der Waals surface area contributed by atoms with Gasteiger partial charge in [0.1, 0.15) is 0 Å². The van der Waals surface area contributed by atoms with Gasteiger partial charge in [-0.1, -0.05) is 27.7 Å². The molecule has 0 aromatic rings. The van der Waals surface area contributed by atoms with E-state index in [0.717, 1.165) is 32.6 Å². The quantitative estimate of drug-likeness (QED) is 0.854. The normalized spacial score (nSPS) is 23.4. The van der Waals surface area contributed by atoms with Gasteiger partial charge < -0.3 is 5.73 Å². The standard InChI is InChI=1S/C16H35N3/c1-8-13(17)14(15(2,3)4)18-9-11-19(12-10-18)16(5,6)7/h13-14H,8-12,17H2,1-7H3. The second kappa shape index (κ2) is 6.11. The lowest BCUT2D eigenvalue weighted by Gasteiger charge is -2.49. The monoisotopic (exact) mass is 269 g/mol. The average Bonchev–Trinajstić information content (AvgIpc) is 2.26. The molecular formula is C16H35N3. The van der Waals surface area contributed by atoms with Crippen LogP contribution in [0.5, 0.6) is 0 Å². The zero-order valence-electron chi connectivity index (χ0n) is 14.2. The number of hydrogen-bond acceptors (Lipinski definition) is 3. The van der Waals surface area contributed by atoms with Crippen molar-refractivity contribution >= 4 is 0 Å². The van der Waals surface area contributed by atoms with E-state index < -0.39 is 0 Å². The Hall–Kier alpha value is -0.120. The number of hydrogen-bond donors (Lipinski definition) is 1. The summed E-state index contributed by atoms with van der Waals surface area (Å²) in [6.45, 7) is 20.7. The lowest BCUT2D eigenvalue weighted by Crippen LogP contribution is -2.61. The summed E-state index contributed by atoms with van der Waals surface area (Å²) in [4.78, 5) is 5.21. The second-order valence-corrected chi connectivity index (χ2v) is 8.08. The van der Waals surface area contributed by atoms with Crippen LogP contribution in [0.15, 0.2) is 0 Å². The van der Waals surface area contributed by atoms with Crippen molar-refractivity contribution in [1.29, 1.82) is 0 Å². The SMILES string of the molecule is CCC(N)C(N1CCN(C(C)(C)C)CC1)C(C)(C)C. The third-order valence-corrected chi connectivity index (χ3v) is 4.42. The Labute approximate surface area is 120 Å². The summed E-state index contributed by atoms with van der Waals surface area (Å²) in [5.41, 5.74) is 6.94. The summed E-state index contributed by atoms with van der Waals surface area (Å²) in [5, 5.41) is 0. The van der Waals surface area contributed by atoms with Gasteiger partial charge in [-0.15, -0.1) is 0 Å². The largest absolute Gasteiger partial charge is 0.326 e. The zero-order chi connectivity index (χ0) is 14.8. The maximum absolute atomic E-state index is 6.40. The third-order valence-electron chi connectivity index (χ3n) is 4.42. The van der Waals surface area contributed by atoms with Crippen LogP contribution < -0.4 is 5.73 Å². The predicted octanol–water partition coefficient (Wildman–Crippen LogP) is 2.55. The van der Waals surface area contributed by atoms with E-state index in [-0.39, 0.29) is 17.0 Å². The summed E-state index contributed by atoms with van der Waals surface area (Å²) in [7, 11) is 0. The molecule has 2 atom stereocenters. The minimum Gasteiger partial charge on any atom is -0.326 e. The van der Waals surface area contributed by atoms with E-state index in [1.165, 1.54) is 0 Å². The van der Waals surface area contributed by atoms with Crippen LogP contribution in [0.25, 0.3) is 0 Å². The molecule has 19 heavy (non-hydrogen) atoms. The molecule has 2 N–H and O–H groups in total. The molecule has 0 spiro atoms. The Morgan fingerprint density at radius 3 is 1.74 bits per heavy atom. The smallest absolute Gasteiger partial charge is 0.0296 e. The van der Waals surface area contributed by atoms with Gasteiger partial charge in [0.05, 0.1) is 0 Å². The molecule has 0 bridgehead atoms. The van der Waals surface area contributed by atoms with E-state index in [2.05, 4.69) is 58.3 Å². The molecule has 1 heterocycles. The highest BCUT2D eigenvalue weighted by atomic mass is 15.3. The van der Waals surface area contributed by atoms with Crippen LogP contribution in [0, 0.1) is 5.41 Å². The minimum absolute atomic E-state index is 0.249. The van der Waals surface area contributed by atoms with Crippen LogP contribution in [0.3, 0.4) is 0 Å². The lowest BCUT2D eigenvalue weighted by atomic mass is 9.80. The molecule has 1 aliphatic rings. The van der Waals surface area contributed by atoms with Gasteiger partial charge >= 0.3 is 0 Å². The molecule has 0 aromatic heterocycles. The molecule has 1 fully saturated rings. The van der Waals surface area contributed by atoms with Crippen molar-refractivity contribution in [2.45, 2.75) is 72.5 Å². The first-order valence-electron chi connectivity index (χ1n) is 7.82. The first-order chi connectivity index (χ1) is 8.57. The molecule has 2 unspecified atom stereocenters. The van der Waals surface area contributed by atoms with Crippen molar-refractivity contribution in [3.05, 3.63) is 0 Å². The van der Waals surface area contributed by atoms with E-state index in [1.807, 2.05) is 0 Å². The first-order valence-corrected chi connectivity index (χ1v) is 7.82. The van der Waals surface area contributed by atoms with Gasteiger partial charge in [-0.05, 0) is 32.6 Å². The summed E-state index contributed by atoms with van der Waals surface area (Å²) in [5.74, 6) is 0. The third kappa shape index (κ3) is 4.44. The summed E-state index contributed by atoms with van der Waals surface area (Å²) >= 11 is 0. The Kier molecular flexibility index (Phi) is 5.44. The van der Waals surface area contributed by atoms with Gasteiger partial charge in [0.15, 0.2) is 0 Å². The molecule has 1 saturated heterocycles. The highest BCUT2D eigenvalue weighted by molar-refractivity contribution is 4.93. The summed E-state index contributed by atoms with van der Waals surface area (Å²) in [6.07, 6.45) is 1.06. The molecule has 3 heteroatoms. The molecule has 3 nitrogen and oxygen atoms in total. The van der Waals surface area contributed by atoms with Crippen molar-refractivity contribution in [2.75, 3.05) is 26.2 Å². The van der Waals surface area contributed by atoms with Crippen LogP contribution in [0.2, 0.25) is 0 Å².